The van der Waals surface area contributed by atoms with Crippen molar-refractivity contribution in [2.24, 2.45) is 0 Å². The number of hydrogen-bond donors (Lipinski definition) is 2. The van der Waals surface area contributed by atoms with Crippen molar-refractivity contribution in [1.29, 1.82) is 0 Å². The quantitative estimate of drug-likeness (QED) is 0.624. The lowest BCUT2D eigenvalue weighted by molar-refractivity contribution is -0.137. The van der Waals surface area contributed by atoms with Gasteiger partial charge in [0, 0.05) is 32.7 Å². The second-order valence-corrected chi connectivity index (χ2v) is 3.90. The number of nitrogens with one attached hydrogen (secondary N) is 1. The predicted molar refractivity (Wildman–Crippen MR) is 64.0 cm³/mol. The smallest absolute Gasteiger partial charge is 0.317 e. The number of likely N-dealkylation sites (N-methyl/N-ethyl adjacent to an activating group) is 1. The summed E-state index contributed by atoms with van der Waals surface area (Å²) in [5.41, 5.74) is 0. The third kappa shape index (κ3) is 8.50. The Bertz CT molecular complexity index is 246. The van der Waals surface area contributed by atoms with Crippen molar-refractivity contribution in [2.75, 3.05) is 26.8 Å². The van der Waals surface area contributed by atoms with Crippen LogP contribution in [-0.2, 0) is 9.53 Å². The highest BCUT2D eigenvalue weighted by atomic mass is 16.5. The number of carbonyl (C=O) groups excluding carboxylic acids is 1. The van der Waals surface area contributed by atoms with Gasteiger partial charge in [-0.15, -0.1) is 0 Å². The second kappa shape index (κ2) is 8.81. The zero-order valence-electron chi connectivity index (χ0n) is 10.7. The molecule has 6 nitrogen and oxygen atoms in total. The van der Waals surface area contributed by atoms with Crippen LogP contribution in [0.1, 0.15) is 26.7 Å². The topological polar surface area (TPSA) is 78.9 Å². The zero-order valence-corrected chi connectivity index (χ0v) is 10.7. The van der Waals surface area contributed by atoms with Crippen molar-refractivity contribution >= 4 is 12.0 Å². The van der Waals surface area contributed by atoms with Gasteiger partial charge in [-0.3, -0.25) is 4.79 Å². The van der Waals surface area contributed by atoms with Crippen LogP contribution in [0.2, 0.25) is 0 Å². The van der Waals surface area contributed by atoms with Crippen molar-refractivity contribution in [3.8, 4) is 0 Å². The van der Waals surface area contributed by atoms with Gasteiger partial charge in [-0.05, 0) is 20.3 Å². The van der Waals surface area contributed by atoms with Crippen molar-refractivity contribution in [3.05, 3.63) is 0 Å². The van der Waals surface area contributed by atoms with E-state index in [1.165, 1.54) is 4.90 Å². The molecule has 6 heteroatoms. The minimum Gasteiger partial charge on any atom is -0.481 e. The molecule has 17 heavy (non-hydrogen) atoms. The highest BCUT2D eigenvalue weighted by Gasteiger charge is 2.12. The molecule has 0 aliphatic carbocycles. The molecule has 0 aromatic rings. The van der Waals surface area contributed by atoms with Crippen LogP contribution in [0.5, 0.6) is 0 Å². The molecule has 0 spiro atoms. The summed E-state index contributed by atoms with van der Waals surface area (Å²) >= 11 is 0. The molecule has 0 aromatic carbocycles. The molecule has 2 N–H and O–H groups in total. The molecule has 0 radical (unpaired) electrons. The summed E-state index contributed by atoms with van der Waals surface area (Å²) in [6.07, 6.45) is 0.491. The number of carboxylic acids is 1. The fraction of sp³-hybridized carbons (Fsp3) is 0.818. The van der Waals surface area contributed by atoms with E-state index in [1.54, 1.807) is 14.0 Å². The van der Waals surface area contributed by atoms with Gasteiger partial charge in [0.15, 0.2) is 0 Å². The Hall–Kier alpha value is -1.30. The molecule has 0 heterocycles. The van der Waals surface area contributed by atoms with Crippen LogP contribution in [0.4, 0.5) is 4.79 Å². The summed E-state index contributed by atoms with van der Waals surface area (Å²) in [5, 5.41) is 11.2. The summed E-state index contributed by atoms with van der Waals surface area (Å²) in [4.78, 5) is 23.5. The van der Waals surface area contributed by atoms with E-state index in [4.69, 9.17) is 9.84 Å². The molecule has 100 valence electrons. The van der Waals surface area contributed by atoms with Crippen LogP contribution in [0.15, 0.2) is 0 Å². The van der Waals surface area contributed by atoms with Crippen LogP contribution in [-0.4, -0.2) is 54.9 Å². The standard InChI is InChI=1S/C11H22N2O4/c1-4-17-8-7-13(3)11(16)12-9(2)5-6-10(14)15/h9H,4-8H2,1-3H3,(H,12,16)(H,14,15). The number of carboxylic acid groups (broad SMARTS) is 1. The first-order chi connectivity index (χ1) is 7.97. The first-order valence-electron chi connectivity index (χ1n) is 5.78. The van der Waals surface area contributed by atoms with Gasteiger partial charge in [-0.1, -0.05) is 0 Å². The van der Waals surface area contributed by atoms with Gasteiger partial charge in [0.2, 0.25) is 0 Å². The SMILES string of the molecule is CCOCCN(C)C(=O)NC(C)CCC(=O)O. The molecular weight excluding hydrogens is 224 g/mol. The van der Waals surface area contributed by atoms with Gasteiger partial charge in [-0.2, -0.15) is 0 Å². The van der Waals surface area contributed by atoms with E-state index in [1.807, 2.05) is 6.92 Å². The summed E-state index contributed by atoms with van der Waals surface area (Å²) in [5.74, 6) is -0.851. The van der Waals surface area contributed by atoms with Crippen molar-refractivity contribution in [2.45, 2.75) is 32.7 Å². The molecule has 0 aromatic heterocycles. The fourth-order valence-electron chi connectivity index (χ4n) is 1.18. The molecule has 0 aliphatic rings. The average Bonchev–Trinajstić information content (AvgIpc) is 2.26. The van der Waals surface area contributed by atoms with Gasteiger partial charge in [0.05, 0.1) is 6.61 Å². The Balaban J connectivity index is 3.78. The number of nitrogens with zero attached hydrogens (tertiary/aromatic N) is 1. The number of hydrogen-bond acceptors (Lipinski definition) is 3. The Morgan fingerprint density at radius 3 is 2.65 bits per heavy atom. The number of aliphatic carboxylic acids is 1. The van der Waals surface area contributed by atoms with Gasteiger partial charge in [-0.25, -0.2) is 4.79 Å². The molecule has 0 rings (SSSR count). The maximum atomic E-state index is 11.6. The highest BCUT2D eigenvalue weighted by Crippen LogP contribution is 1.97. The van der Waals surface area contributed by atoms with E-state index in [2.05, 4.69) is 5.32 Å². The molecule has 0 bridgehead atoms. The normalized spacial score (nSPS) is 11.9. The molecule has 0 saturated heterocycles. The molecule has 1 atom stereocenters. The van der Waals surface area contributed by atoms with Crippen LogP contribution in [0.25, 0.3) is 0 Å². The second-order valence-electron chi connectivity index (χ2n) is 3.90. The monoisotopic (exact) mass is 246 g/mol. The van der Waals surface area contributed by atoms with Crippen LogP contribution >= 0.6 is 0 Å². The minimum atomic E-state index is -0.851. The van der Waals surface area contributed by atoms with E-state index in [0.717, 1.165) is 0 Å². The van der Waals surface area contributed by atoms with Gasteiger partial charge < -0.3 is 20.1 Å². The molecule has 0 fully saturated rings. The van der Waals surface area contributed by atoms with Gasteiger partial charge in [0.25, 0.3) is 0 Å². The van der Waals surface area contributed by atoms with Crippen molar-refractivity contribution in [3.63, 3.8) is 0 Å². The average molecular weight is 246 g/mol. The molecule has 0 aliphatic heterocycles. The van der Waals surface area contributed by atoms with Crippen LogP contribution in [0, 0.1) is 0 Å². The number of carbonyl (C=O) groups is 2. The number of ether oxygens (including phenoxy) is 1. The Morgan fingerprint density at radius 1 is 1.47 bits per heavy atom. The summed E-state index contributed by atoms with van der Waals surface area (Å²) in [6, 6.07) is -0.351. The first-order valence-corrected chi connectivity index (χ1v) is 5.78. The number of amides is 2. The van der Waals surface area contributed by atoms with Gasteiger partial charge >= 0.3 is 12.0 Å². The molecule has 1 unspecified atom stereocenters. The first kappa shape index (κ1) is 15.7. The lowest BCUT2D eigenvalue weighted by atomic mass is 10.2. The predicted octanol–water partition coefficient (Wildman–Crippen LogP) is 0.918. The van der Waals surface area contributed by atoms with Gasteiger partial charge in [0.1, 0.15) is 0 Å². The lowest BCUT2D eigenvalue weighted by Crippen LogP contribution is -2.43. The third-order valence-electron chi connectivity index (χ3n) is 2.28. The Kier molecular flexibility index (Phi) is 8.13. The van der Waals surface area contributed by atoms with E-state index < -0.39 is 5.97 Å². The maximum Gasteiger partial charge on any atom is 0.317 e. The van der Waals surface area contributed by atoms with E-state index in [0.29, 0.717) is 26.2 Å². The fourth-order valence-corrected chi connectivity index (χ4v) is 1.18. The summed E-state index contributed by atoms with van der Waals surface area (Å²) in [7, 11) is 1.68. The third-order valence-corrected chi connectivity index (χ3v) is 2.28. The van der Waals surface area contributed by atoms with Crippen molar-refractivity contribution < 1.29 is 19.4 Å². The summed E-state index contributed by atoms with van der Waals surface area (Å²) in [6.45, 7) is 5.34. The largest absolute Gasteiger partial charge is 0.481 e. The minimum absolute atomic E-state index is 0.0596. The number of rotatable bonds is 8. The van der Waals surface area contributed by atoms with E-state index in [9.17, 15) is 9.59 Å². The summed E-state index contributed by atoms with van der Waals surface area (Å²) < 4.78 is 5.14. The van der Waals surface area contributed by atoms with Crippen LogP contribution in [0.3, 0.4) is 0 Å². The highest BCUT2D eigenvalue weighted by molar-refractivity contribution is 5.74. The van der Waals surface area contributed by atoms with E-state index in [-0.39, 0.29) is 18.5 Å². The Morgan fingerprint density at radius 2 is 2.12 bits per heavy atom. The van der Waals surface area contributed by atoms with Crippen LogP contribution < -0.4 is 5.32 Å². The van der Waals surface area contributed by atoms with Crippen molar-refractivity contribution in [1.82, 2.24) is 10.2 Å². The maximum absolute atomic E-state index is 11.6. The van der Waals surface area contributed by atoms with E-state index >= 15 is 0 Å². The number of urea groups is 1. The Labute approximate surface area is 102 Å². The molecular formula is C11H22N2O4. The molecule has 0 saturated carbocycles. The lowest BCUT2D eigenvalue weighted by Gasteiger charge is -2.20. The zero-order chi connectivity index (χ0) is 13.3. The molecule has 2 amide bonds.